The molecule has 0 saturated carbocycles. The molecule has 3 aromatic heterocycles. The van der Waals surface area contributed by atoms with E-state index in [1.165, 1.54) is 6.39 Å². The molecule has 0 atom stereocenters. The van der Waals surface area contributed by atoms with E-state index < -0.39 is 0 Å². The second kappa shape index (κ2) is 14.3. The van der Waals surface area contributed by atoms with E-state index in [1.54, 1.807) is 6.20 Å². The van der Waals surface area contributed by atoms with Gasteiger partial charge in [0.2, 0.25) is 5.91 Å². The molecule has 45 heavy (non-hydrogen) atoms. The van der Waals surface area contributed by atoms with Crippen molar-refractivity contribution in [3.05, 3.63) is 90.5 Å². The van der Waals surface area contributed by atoms with Crippen molar-refractivity contribution >= 4 is 22.7 Å². The third kappa shape index (κ3) is 7.11. The summed E-state index contributed by atoms with van der Waals surface area (Å²) in [6, 6.07) is 16.1. The summed E-state index contributed by atoms with van der Waals surface area (Å²) >= 11 is 0. The van der Waals surface area contributed by atoms with Gasteiger partial charge in [0.05, 0.1) is 6.61 Å². The first-order valence-corrected chi connectivity index (χ1v) is 15.9. The molecule has 0 unspecified atom stereocenters. The number of para-hydroxylation sites is 1. The summed E-state index contributed by atoms with van der Waals surface area (Å²) < 4.78 is 13.7. The summed E-state index contributed by atoms with van der Waals surface area (Å²) in [4.78, 5) is 43.2. The van der Waals surface area contributed by atoms with Crippen LogP contribution in [0.15, 0.2) is 77.9 Å². The van der Waals surface area contributed by atoms with Crippen LogP contribution in [0.1, 0.15) is 54.4 Å². The van der Waals surface area contributed by atoms with Crippen LogP contribution in [0.4, 0.5) is 0 Å². The number of nitrogens with one attached hydrogen (secondary N) is 1. The summed E-state index contributed by atoms with van der Waals surface area (Å²) in [6.07, 6.45) is 11.0. The number of aromatic amines is 1. The zero-order valence-electron chi connectivity index (χ0n) is 25.8. The predicted octanol–water partition coefficient (Wildman–Crippen LogP) is 5.75. The molecule has 1 N–H and O–H groups in total. The largest absolute Gasteiger partial charge is 0.494 e. The Balaban J connectivity index is 1.19. The van der Waals surface area contributed by atoms with Crippen molar-refractivity contribution in [1.82, 2.24) is 29.3 Å². The van der Waals surface area contributed by atoms with Crippen molar-refractivity contribution < 1.29 is 18.7 Å². The number of benzene rings is 2. The van der Waals surface area contributed by atoms with Gasteiger partial charge in [-0.15, -0.1) is 0 Å². The lowest BCUT2D eigenvalue weighted by molar-refractivity contribution is -0.131. The first-order valence-electron chi connectivity index (χ1n) is 15.9. The van der Waals surface area contributed by atoms with Crippen LogP contribution in [0, 0.1) is 0 Å². The van der Waals surface area contributed by atoms with E-state index >= 15 is 0 Å². The summed E-state index contributed by atoms with van der Waals surface area (Å²) in [5, 5.41) is 1.16. The van der Waals surface area contributed by atoms with Crippen molar-refractivity contribution in [2.75, 3.05) is 32.8 Å². The van der Waals surface area contributed by atoms with Crippen molar-refractivity contribution in [1.29, 1.82) is 0 Å². The SMILES string of the molecule is CCc1ocnc1C(=O)N1CCCCN(C(=O)CCc2c[nH]c3ccccc23)CCCOc2cccc(c2)-c2nccn2CC1. The third-order valence-electron chi connectivity index (χ3n) is 8.45. The number of imidazole rings is 1. The van der Waals surface area contributed by atoms with Crippen molar-refractivity contribution in [2.24, 2.45) is 0 Å². The van der Waals surface area contributed by atoms with Crippen LogP contribution in [0.2, 0.25) is 0 Å². The lowest BCUT2D eigenvalue weighted by atomic mass is 10.1. The van der Waals surface area contributed by atoms with Gasteiger partial charge in [0.1, 0.15) is 17.3 Å². The maximum atomic E-state index is 13.7. The van der Waals surface area contributed by atoms with Crippen molar-refractivity contribution in [3.8, 4) is 17.1 Å². The van der Waals surface area contributed by atoms with Gasteiger partial charge in [-0.05, 0) is 49.4 Å². The maximum absolute atomic E-state index is 13.7. The van der Waals surface area contributed by atoms with E-state index in [1.807, 2.05) is 65.5 Å². The van der Waals surface area contributed by atoms with Crippen LogP contribution in [-0.2, 0) is 24.2 Å². The van der Waals surface area contributed by atoms with Gasteiger partial charge in [0.25, 0.3) is 5.91 Å². The topological polar surface area (TPSA) is 109 Å². The number of oxazole rings is 1. The number of rotatable bonds is 5. The van der Waals surface area contributed by atoms with E-state index in [0.717, 1.165) is 46.4 Å². The Morgan fingerprint density at radius 1 is 0.933 bits per heavy atom. The second-order valence-electron chi connectivity index (χ2n) is 11.4. The molecule has 0 spiro atoms. The normalized spacial score (nSPS) is 15.0. The van der Waals surface area contributed by atoms with Crippen LogP contribution in [0.5, 0.6) is 5.75 Å². The predicted molar refractivity (Wildman–Crippen MR) is 172 cm³/mol. The number of H-pyrrole nitrogens is 1. The van der Waals surface area contributed by atoms with E-state index in [2.05, 4.69) is 31.7 Å². The highest BCUT2D eigenvalue weighted by atomic mass is 16.5. The minimum Gasteiger partial charge on any atom is -0.494 e. The number of hydrogen-bond donors (Lipinski definition) is 1. The molecule has 234 valence electrons. The van der Waals surface area contributed by atoms with Gasteiger partial charge in [-0.3, -0.25) is 9.59 Å². The quantitative estimate of drug-likeness (QED) is 0.272. The van der Waals surface area contributed by atoms with Gasteiger partial charge >= 0.3 is 0 Å². The Labute approximate surface area is 263 Å². The number of aromatic nitrogens is 4. The van der Waals surface area contributed by atoms with Gasteiger partial charge in [0, 0.05) is 80.6 Å². The lowest BCUT2D eigenvalue weighted by Crippen LogP contribution is -2.37. The van der Waals surface area contributed by atoms with Crippen LogP contribution < -0.4 is 4.74 Å². The Morgan fingerprint density at radius 2 is 1.78 bits per heavy atom. The molecule has 0 saturated heterocycles. The number of hydrogen-bond acceptors (Lipinski definition) is 6. The minimum atomic E-state index is -0.137. The lowest BCUT2D eigenvalue weighted by Gasteiger charge is -2.25. The van der Waals surface area contributed by atoms with Gasteiger partial charge in [0.15, 0.2) is 12.1 Å². The fourth-order valence-electron chi connectivity index (χ4n) is 6.01. The van der Waals surface area contributed by atoms with Crippen LogP contribution >= 0.6 is 0 Å². The van der Waals surface area contributed by atoms with Gasteiger partial charge in [-0.1, -0.05) is 37.3 Å². The second-order valence-corrected chi connectivity index (χ2v) is 11.4. The zero-order chi connectivity index (χ0) is 31.0. The molecule has 10 heteroatoms. The number of ether oxygens (including phenoxy) is 1. The highest BCUT2D eigenvalue weighted by Crippen LogP contribution is 2.24. The molecule has 5 aromatic rings. The molecule has 2 bridgehead atoms. The summed E-state index contributed by atoms with van der Waals surface area (Å²) in [5.74, 6) is 2.17. The highest BCUT2D eigenvalue weighted by molar-refractivity contribution is 5.93. The monoisotopic (exact) mass is 608 g/mol. The van der Waals surface area contributed by atoms with Crippen LogP contribution in [-0.4, -0.2) is 73.9 Å². The van der Waals surface area contributed by atoms with Crippen LogP contribution in [0.25, 0.3) is 22.3 Å². The van der Waals surface area contributed by atoms with E-state index in [0.29, 0.717) is 76.5 Å². The van der Waals surface area contributed by atoms with Crippen molar-refractivity contribution in [3.63, 3.8) is 0 Å². The molecule has 0 radical (unpaired) electrons. The molecule has 6 rings (SSSR count). The average molecular weight is 609 g/mol. The maximum Gasteiger partial charge on any atom is 0.276 e. The summed E-state index contributed by atoms with van der Waals surface area (Å²) in [5.41, 5.74) is 3.55. The standard InChI is InChI=1S/C35H40N6O4/c1-2-31-33(38-25-45-31)35(43)41-17-6-5-16-39(32(42)14-13-27-24-37-30-12-4-3-11-29(27)30)18-8-22-44-28-10-7-9-26(23-28)34-36-15-19-40(34)20-21-41/h3-4,7,9-12,15,19,23-25,37H,2,5-6,8,13-14,16-18,20-22H2,1H3. The Bertz CT molecular complexity index is 1740. The molecule has 4 heterocycles. The van der Waals surface area contributed by atoms with Gasteiger partial charge < -0.3 is 28.5 Å². The summed E-state index contributed by atoms with van der Waals surface area (Å²) in [6.45, 7) is 5.30. The Kier molecular flexibility index (Phi) is 9.58. The Hall–Kier alpha value is -4.86. The van der Waals surface area contributed by atoms with E-state index in [4.69, 9.17) is 9.15 Å². The molecular weight excluding hydrogens is 568 g/mol. The Morgan fingerprint density at radius 3 is 2.67 bits per heavy atom. The molecular formula is C35H40N6O4. The number of fused-ring (bicyclic) bond motifs is 5. The number of amides is 2. The molecule has 2 aromatic carbocycles. The zero-order valence-corrected chi connectivity index (χ0v) is 25.8. The number of nitrogens with zero attached hydrogens (tertiary/aromatic N) is 5. The van der Waals surface area contributed by atoms with Crippen LogP contribution in [0.3, 0.4) is 0 Å². The minimum absolute atomic E-state index is 0.133. The van der Waals surface area contributed by atoms with E-state index in [-0.39, 0.29) is 11.8 Å². The molecule has 1 aliphatic rings. The van der Waals surface area contributed by atoms with Gasteiger partial charge in [-0.2, -0.15) is 0 Å². The number of carbonyl (C=O) groups excluding carboxylic acids is 2. The molecule has 0 aliphatic carbocycles. The molecule has 10 nitrogen and oxygen atoms in total. The fourth-order valence-corrected chi connectivity index (χ4v) is 6.01. The molecule has 2 amide bonds. The van der Waals surface area contributed by atoms with E-state index in [9.17, 15) is 9.59 Å². The molecule has 1 aliphatic heterocycles. The summed E-state index contributed by atoms with van der Waals surface area (Å²) in [7, 11) is 0. The molecule has 0 fully saturated rings. The first-order chi connectivity index (χ1) is 22.1. The van der Waals surface area contributed by atoms with Gasteiger partial charge in [-0.25, -0.2) is 9.97 Å². The smallest absolute Gasteiger partial charge is 0.276 e. The average Bonchev–Trinajstić information content (AvgIpc) is 3.83. The highest BCUT2D eigenvalue weighted by Gasteiger charge is 2.23. The fraction of sp³-hybridized carbons (Fsp3) is 0.371. The van der Waals surface area contributed by atoms with Crippen molar-refractivity contribution in [2.45, 2.75) is 52.0 Å². The first kappa shape index (κ1) is 30.2. The number of aryl methyl sites for hydroxylation is 2. The number of carbonyl (C=O) groups is 2. The third-order valence-corrected chi connectivity index (χ3v) is 8.45.